The van der Waals surface area contributed by atoms with Crippen LogP contribution < -0.4 is 15.5 Å². The van der Waals surface area contributed by atoms with Gasteiger partial charge in [-0.05, 0) is 63.5 Å². The van der Waals surface area contributed by atoms with E-state index in [1.165, 1.54) is 4.90 Å². The Morgan fingerprint density at radius 2 is 1.71 bits per heavy atom. The summed E-state index contributed by atoms with van der Waals surface area (Å²) in [6.07, 6.45) is -1.23. The van der Waals surface area contributed by atoms with Gasteiger partial charge in [0, 0.05) is 67.3 Å². The number of carbonyl (C=O) groups is 3. The molecule has 2 N–H and O–H groups in total. The first-order valence-electron chi connectivity index (χ1n) is 14.6. The third-order valence-corrected chi connectivity index (χ3v) is 9.85. The molecule has 1 aromatic rings. The van der Waals surface area contributed by atoms with Crippen LogP contribution >= 0.6 is 0 Å². The van der Waals surface area contributed by atoms with Crippen molar-refractivity contribution in [2.24, 2.45) is 5.41 Å². The molecule has 1 saturated heterocycles. The standard InChI is InChI=1S/C29H35F5N4O3/c30-28(31)14-18(15-28)35-17-4-6-19(7-5-17)37(13-12-27(10-11-27)29(32,33)34)22-3-1-2-20-21(22)16-38(26(20)41)23-8-9-24(39)36-25(23)40/h1-3,17-19,23,35H,4-16H2,(H,36,39,40). The van der Waals surface area contributed by atoms with Gasteiger partial charge in [-0.3, -0.25) is 19.7 Å². The van der Waals surface area contributed by atoms with Crippen LogP contribution in [0.2, 0.25) is 0 Å². The Morgan fingerprint density at radius 1 is 1.00 bits per heavy atom. The Morgan fingerprint density at radius 3 is 2.32 bits per heavy atom. The van der Waals surface area contributed by atoms with E-state index in [0.717, 1.165) is 12.8 Å². The molecule has 0 spiro atoms. The molecule has 7 nitrogen and oxygen atoms in total. The van der Waals surface area contributed by atoms with E-state index in [0.29, 0.717) is 29.7 Å². The molecule has 5 aliphatic rings. The van der Waals surface area contributed by atoms with E-state index in [2.05, 4.69) is 10.6 Å². The molecule has 12 heteroatoms. The number of halogens is 5. The van der Waals surface area contributed by atoms with Crippen LogP contribution in [0.1, 0.15) is 86.6 Å². The first-order chi connectivity index (χ1) is 19.4. The van der Waals surface area contributed by atoms with Crippen LogP contribution in [-0.2, 0) is 16.1 Å². The molecule has 1 atom stereocenters. The van der Waals surface area contributed by atoms with Crippen molar-refractivity contribution in [3.63, 3.8) is 0 Å². The maximum Gasteiger partial charge on any atom is 0.394 e. The zero-order valence-electron chi connectivity index (χ0n) is 22.7. The van der Waals surface area contributed by atoms with Gasteiger partial charge in [0.1, 0.15) is 6.04 Å². The van der Waals surface area contributed by atoms with E-state index in [9.17, 15) is 36.3 Å². The quantitative estimate of drug-likeness (QED) is 0.344. The molecule has 6 rings (SSSR count). The Balaban J connectivity index is 1.21. The Kier molecular flexibility index (Phi) is 7.06. The SMILES string of the molecule is O=C1CCC(N2Cc3c(cccc3N(CCC3(C(F)(F)F)CC3)C3CCC(NC4CC(F)(F)C4)CC3)C2=O)C(=O)N1. The molecule has 41 heavy (non-hydrogen) atoms. The lowest BCUT2D eigenvalue weighted by molar-refractivity contribution is -0.188. The molecule has 0 aromatic heterocycles. The number of nitrogens with one attached hydrogen (secondary N) is 2. The van der Waals surface area contributed by atoms with Gasteiger partial charge in [0.2, 0.25) is 11.8 Å². The van der Waals surface area contributed by atoms with Crippen molar-refractivity contribution in [3.05, 3.63) is 29.3 Å². The second-order valence-electron chi connectivity index (χ2n) is 12.6. The summed E-state index contributed by atoms with van der Waals surface area (Å²) < 4.78 is 68.2. The lowest BCUT2D eigenvalue weighted by Crippen LogP contribution is -2.53. The van der Waals surface area contributed by atoms with Crippen LogP contribution in [0.4, 0.5) is 27.6 Å². The Hall–Kier alpha value is -2.76. The van der Waals surface area contributed by atoms with Crippen molar-refractivity contribution >= 4 is 23.4 Å². The maximum absolute atomic E-state index is 13.9. The van der Waals surface area contributed by atoms with Crippen molar-refractivity contribution in [3.8, 4) is 0 Å². The second-order valence-corrected chi connectivity index (χ2v) is 12.6. The molecule has 1 unspecified atom stereocenters. The number of alkyl halides is 5. The van der Waals surface area contributed by atoms with E-state index in [1.807, 2.05) is 11.0 Å². The number of carbonyl (C=O) groups excluding carboxylic acids is 3. The van der Waals surface area contributed by atoms with Crippen molar-refractivity contribution in [1.29, 1.82) is 0 Å². The molecule has 3 amide bonds. The average Bonchev–Trinajstić information content (AvgIpc) is 3.62. The number of piperidine rings is 1. The fourth-order valence-electron chi connectivity index (χ4n) is 7.17. The fourth-order valence-corrected chi connectivity index (χ4v) is 7.17. The normalized spacial score (nSPS) is 29.1. The monoisotopic (exact) mass is 582 g/mol. The summed E-state index contributed by atoms with van der Waals surface area (Å²) >= 11 is 0. The van der Waals surface area contributed by atoms with E-state index in [-0.39, 0.29) is 88.0 Å². The minimum atomic E-state index is -4.28. The molecule has 0 bridgehead atoms. The number of hydrogen-bond donors (Lipinski definition) is 2. The van der Waals surface area contributed by atoms with E-state index >= 15 is 0 Å². The lowest BCUT2D eigenvalue weighted by atomic mass is 9.84. The summed E-state index contributed by atoms with van der Waals surface area (Å²) in [6, 6.07) is 4.29. The highest BCUT2D eigenvalue weighted by atomic mass is 19.4. The topological polar surface area (TPSA) is 81.8 Å². The summed E-state index contributed by atoms with van der Waals surface area (Å²) in [5.41, 5.74) is 0.150. The minimum Gasteiger partial charge on any atom is -0.368 e. The van der Waals surface area contributed by atoms with Gasteiger partial charge in [-0.2, -0.15) is 13.2 Å². The van der Waals surface area contributed by atoms with Crippen LogP contribution in [0.25, 0.3) is 0 Å². The molecule has 3 saturated carbocycles. The lowest BCUT2D eigenvalue weighted by Gasteiger charge is -2.43. The number of nitrogens with zero attached hydrogens (tertiary/aromatic N) is 2. The molecule has 0 radical (unpaired) electrons. The van der Waals surface area contributed by atoms with Crippen LogP contribution in [0, 0.1) is 5.41 Å². The highest BCUT2D eigenvalue weighted by molar-refractivity contribution is 6.06. The van der Waals surface area contributed by atoms with Gasteiger partial charge in [-0.1, -0.05) is 6.07 Å². The Labute approximate surface area is 235 Å². The molecule has 3 aliphatic carbocycles. The highest BCUT2D eigenvalue weighted by Gasteiger charge is 2.62. The van der Waals surface area contributed by atoms with Crippen molar-refractivity contribution < 1.29 is 36.3 Å². The zero-order valence-corrected chi connectivity index (χ0v) is 22.7. The van der Waals surface area contributed by atoms with Crippen molar-refractivity contribution in [2.75, 3.05) is 11.4 Å². The molecule has 2 heterocycles. The first-order valence-corrected chi connectivity index (χ1v) is 14.6. The van der Waals surface area contributed by atoms with Gasteiger partial charge in [-0.15, -0.1) is 0 Å². The molecular formula is C29H35F5N4O3. The number of anilines is 1. The van der Waals surface area contributed by atoms with E-state index in [1.54, 1.807) is 12.1 Å². The van der Waals surface area contributed by atoms with Crippen LogP contribution in [0.15, 0.2) is 18.2 Å². The van der Waals surface area contributed by atoms with E-state index < -0.39 is 29.5 Å². The number of amides is 3. The average molecular weight is 583 g/mol. The number of rotatable bonds is 8. The Bertz CT molecular complexity index is 1220. The summed E-state index contributed by atoms with van der Waals surface area (Å²) in [6.45, 7) is 0.324. The predicted molar refractivity (Wildman–Crippen MR) is 139 cm³/mol. The molecule has 224 valence electrons. The van der Waals surface area contributed by atoms with Gasteiger partial charge in [0.25, 0.3) is 11.8 Å². The number of imide groups is 1. The van der Waals surface area contributed by atoms with Crippen LogP contribution in [0.3, 0.4) is 0 Å². The second kappa shape index (κ2) is 10.2. The van der Waals surface area contributed by atoms with Gasteiger partial charge < -0.3 is 15.1 Å². The zero-order chi connectivity index (χ0) is 29.2. The minimum absolute atomic E-state index is 0.0414. The van der Waals surface area contributed by atoms with Gasteiger partial charge in [0.15, 0.2) is 0 Å². The van der Waals surface area contributed by atoms with Crippen molar-refractivity contribution in [2.45, 2.75) is 113 Å². The van der Waals surface area contributed by atoms with Crippen LogP contribution in [-0.4, -0.2) is 65.4 Å². The van der Waals surface area contributed by atoms with Gasteiger partial charge in [-0.25, -0.2) is 8.78 Å². The van der Waals surface area contributed by atoms with E-state index in [4.69, 9.17) is 0 Å². The summed E-state index contributed by atoms with van der Waals surface area (Å²) in [5, 5.41) is 5.63. The third-order valence-electron chi connectivity index (χ3n) is 9.85. The van der Waals surface area contributed by atoms with Crippen molar-refractivity contribution in [1.82, 2.24) is 15.5 Å². The smallest absolute Gasteiger partial charge is 0.368 e. The summed E-state index contributed by atoms with van der Waals surface area (Å²) in [4.78, 5) is 41.1. The summed E-state index contributed by atoms with van der Waals surface area (Å²) in [7, 11) is 0. The van der Waals surface area contributed by atoms with Crippen LogP contribution in [0.5, 0.6) is 0 Å². The number of fused-ring (bicyclic) bond motifs is 1. The predicted octanol–water partition coefficient (Wildman–Crippen LogP) is 4.69. The third kappa shape index (κ3) is 5.44. The molecule has 1 aromatic carbocycles. The number of hydrogen-bond acceptors (Lipinski definition) is 5. The molecule has 2 aliphatic heterocycles. The molecular weight excluding hydrogens is 547 g/mol. The largest absolute Gasteiger partial charge is 0.394 e. The summed E-state index contributed by atoms with van der Waals surface area (Å²) in [5.74, 6) is -3.82. The highest BCUT2D eigenvalue weighted by Crippen LogP contribution is 2.60. The van der Waals surface area contributed by atoms with Gasteiger partial charge in [0.05, 0.1) is 5.41 Å². The maximum atomic E-state index is 13.9. The first kappa shape index (κ1) is 28.4. The fraction of sp³-hybridized carbons (Fsp3) is 0.690. The van der Waals surface area contributed by atoms with Gasteiger partial charge >= 0.3 is 6.18 Å². The molecule has 4 fully saturated rings. The number of benzene rings is 1.